The topological polar surface area (TPSA) is 95.9 Å². The number of unbranched alkanes of at least 4 members (excludes halogenated alkanes) is 34. The summed E-state index contributed by atoms with van der Waals surface area (Å²) in [5.74, 6) is -0.495. The number of ether oxygens (including phenoxy) is 1. The fraction of sp³-hybridized carbons (Fsp3) is 0.839. The number of carbonyl (C=O) groups is 2. The smallest absolute Gasteiger partial charge is 0.306 e. The number of nitrogens with one attached hydrogen (secondary N) is 1. The van der Waals surface area contributed by atoms with Gasteiger partial charge in [0.15, 0.2) is 0 Å². The zero-order chi connectivity index (χ0) is 49.5. The second-order valence-electron chi connectivity index (χ2n) is 20.4. The predicted octanol–water partition coefficient (Wildman–Crippen LogP) is 18.6. The van der Waals surface area contributed by atoms with Gasteiger partial charge in [-0.3, -0.25) is 9.59 Å². The van der Waals surface area contributed by atoms with Crippen molar-refractivity contribution in [2.24, 2.45) is 0 Å². The third kappa shape index (κ3) is 50.2. The van der Waals surface area contributed by atoms with E-state index in [2.05, 4.69) is 74.7 Å². The van der Waals surface area contributed by atoms with Crippen molar-refractivity contribution in [3.05, 3.63) is 48.6 Å². The lowest BCUT2D eigenvalue weighted by Crippen LogP contribution is -2.46. The molecule has 0 aliphatic carbocycles. The Morgan fingerprint density at radius 2 is 0.794 bits per heavy atom. The van der Waals surface area contributed by atoms with Crippen molar-refractivity contribution in [3.63, 3.8) is 0 Å². The standard InChI is InChI=1S/C62H115NO5/c1-4-7-10-13-16-19-22-25-28-31-33-36-39-42-45-48-51-54-60(65)59(57-64)63-61(66)56-58(53-50-47-44-41-38-35-32-29-26-23-20-17-14-11-8-5-2)68-62(67)55-52-49-46-43-40-37-34-30-27-24-21-18-15-12-9-6-3/h9,12,18,21,27,30,37,40,58-60,64-65H,4-8,10-11,13-17,19-20,22-26,28-29,31-36,38-39,41-57H2,1-3H3,(H,63,66)/b12-9+,21-18+,30-27+,40-37+. The minimum Gasteiger partial charge on any atom is -0.462 e. The van der Waals surface area contributed by atoms with Crippen molar-refractivity contribution in [3.8, 4) is 0 Å². The number of amides is 1. The molecule has 0 saturated heterocycles. The maximum atomic E-state index is 13.3. The second-order valence-corrected chi connectivity index (χ2v) is 20.4. The molecule has 0 rings (SSSR count). The molecule has 0 aromatic carbocycles. The van der Waals surface area contributed by atoms with E-state index in [-0.39, 0.29) is 24.9 Å². The van der Waals surface area contributed by atoms with Gasteiger partial charge in [0.1, 0.15) is 6.10 Å². The van der Waals surface area contributed by atoms with Crippen LogP contribution in [0.4, 0.5) is 0 Å². The van der Waals surface area contributed by atoms with E-state index in [0.29, 0.717) is 19.3 Å². The Hall–Kier alpha value is -2.18. The molecule has 398 valence electrons. The second kappa shape index (κ2) is 55.7. The summed E-state index contributed by atoms with van der Waals surface area (Å²) in [6.07, 6.45) is 68.9. The van der Waals surface area contributed by atoms with Gasteiger partial charge in [0.2, 0.25) is 5.91 Å². The van der Waals surface area contributed by atoms with Gasteiger partial charge in [0.05, 0.1) is 25.2 Å². The Balaban J connectivity index is 4.56. The van der Waals surface area contributed by atoms with Crippen LogP contribution in [0.3, 0.4) is 0 Å². The molecule has 0 aliphatic rings. The van der Waals surface area contributed by atoms with Gasteiger partial charge in [-0.05, 0) is 64.2 Å². The lowest BCUT2D eigenvalue weighted by molar-refractivity contribution is -0.151. The number of hydrogen-bond acceptors (Lipinski definition) is 5. The van der Waals surface area contributed by atoms with Crippen LogP contribution in [0.2, 0.25) is 0 Å². The zero-order valence-electron chi connectivity index (χ0n) is 45.5. The van der Waals surface area contributed by atoms with Crippen molar-refractivity contribution in [1.82, 2.24) is 5.32 Å². The van der Waals surface area contributed by atoms with E-state index in [4.69, 9.17) is 4.74 Å². The number of rotatable bonds is 54. The van der Waals surface area contributed by atoms with E-state index in [1.54, 1.807) is 0 Å². The first-order valence-corrected chi connectivity index (χ1v) is 29.9. The van der Waals surface area contributed by atoms with Gasteiger partial charge in [-0.25, -0.2) is 0 Å². The predicted molar refractivity (Wildman–Crippen MR) is 296 cm³/mol. The normalized spacial score (nSPS) is 13.4. The third-order valence-corrected chi connectivity index (χ3v) is 13.7. The SMILES string of the molecule is CC/C=C/C/C=C/C/C=C/C/C=C/CCCCCC(=O)OC(CCCCCCCCCCCCCCCCCC)CC(=O)NC(CO)C(O)CCCCCCCCCCCCCCCCCCC. The van der Waals surface area contributed by atoms with E-state index in [1.165, 1.54) is 186 Å². The highest BCUT2D eigenvalue weighted by Crippen LogP contribution is 2.19. The Morgan fingerprint density at radius 3 is 1.19 bits per heavy atom. The van der Waals surface area contributed by atoms with E-state index >= 15 is 0 Å². The van der Waals surface area contributed by atoms with Crippen LogP contribution in [0.1, 0.15) is 310 Å². The Morgan fingerprint density at radius 1 is 0.441 bits per heavy atom. The molecule has 6 heteroatoms. The molecular weight excluding hydrogens is 839 g/mol. The summed E-state index contributed by atoms with van der Waals surface area (Å²) in [6.45, 7) is 6.41. The largest absolute Gasteiger partial charge is 0.462 e. The summed E-state index contributed by atoms with van der Waals surface area (Å²) >= 11 is 0. The van der Waals surface area contributed by atoms with Gasteiger partial charge in [0.25, 0.3) is 0 Å². The summed E-state index contributed by atoms with van der Waals surface area (Å²) in [5.41, 5.74) is 0. The lowest BCUT2D eigenvalue weighted by Gasteiger charge is -2.24. The molecule has 0 aromatic rings. The quantitative estimate of drug-likeness (QED) is 0.0321. The average molecular weight is 955 g/mol. The zero-order valence-corrected chi connectivity index (χ0v) is 45.5. The molecule has 6 nitrogen and oxygen atoms in total. The molecule has 0 aliphatic heterocycles. The fourth-order valence-corrected chi connectivity index (χ4v) is 9.19. The molecule has 0 spiro atoms. The molecule has 0 bridgehead atoms. The lowest BCUT2D eigenvalue weighted by atomic mass is 10.0. The average Bonchev–Trinajstić information content (AvgIpc) is 3.33. The van der Waals surface area contributed by atoms with Gasteiger partial charge in [-0.2, -0.15) is 0 Å². The van der Waals surface area contributed by atoms with E-state index in [9.17, 15) is 19.8 Å². The number of carbonyl (C=O) groups excluding carboxylic acids is 2. The van der Waals surface area contributed by atoms with Gasteiger partial charge in [0, 0.05) is 6.42 Å². The Labute approximate surface area is 423 Å². The number of allylic oxidation sites excluding steroid dienone is 8. The van der Waals surface area contributed by atoms with Crippen LogP contribution in [0.5, 0.6) is 0 Å². The van der Waals surface area contributed by atoms with Crippen LogP contribution >= 0.6 is 0 Å². The number of esters is 1. The van der Waals surface area contributed by atoms with Crippen LogP contribution in [-0.4, -0.2) is 46.9 Å². The van der Waals surface area contributed by atoms with Gasteiger partial charge >= 0.3 is 5.97 Å². The van der Waals surface area contributed by atoms with E-state index < -0.39 is 18.2 Å². The molecule has 0 saturated carbocycles. The summed E-state index contributed by atoms with van der Waals surface area (Å²) in [7, 11) is 0. The molecule has 0 heterocycles. The highest BCUT2D eigenvalue weighted by atomic mass is 16.5. The van der Waals surface area contributed by atoms with E-state index in [1.807, 2.05) is 0 Å². The van der Waals surface area contributed by atoms with Gasteiger partial charge in [-0.15, -0.1) is 0 Å². The van der Waals surface area contributed by atoms with Gasteiger partial charge < -0.3 is 20.3 Å². The Bertz CT molecular complexity index is 1160. The van der Waals surface area contributed by atoms with Crippen molar-refractivity contribution in [2.45, 2.75) is 328 Å². The summed E-state index contributed by atoms with van der Waals surface area (Å²) in [6, 6.07) is -0.708. The van der Waals surface area contributed by atoms with Crippen LogP contribution in [0, 0.1) is 0 Å². The maximum absolute atomic E-state index is 13.3. The highest BCUT2D eigenvalue weighted by Gasteiger charge is 2.24. The monoisotopic (exact) mass is 954 g/mol. The minimum atomic E-state index is -0.793. The minimum absolute atomic E-state index is 0.0681. The van der Waals surface area contributed by atoms with Crippen molar-refractivity contribution in [1.29, 1.82) is 0 Å². The molecule has 3 atom stereocenters. The summed E-state index contributed by atoms with van der Waals surface area (Å²) in [5, 5.41) is 23.9. The molecule has 1 amide bonds. The highest BCUT2D eigenvalue weighted by molar-refractivity contribution is 5.77. The molecule has 0 fully saturated rings. The molecule has 3 unspecified atom stereocenters. The number of hydrogen-bond donors (Lipinski definition) is 3. The molecule has 68 heavy (non-hydrogen) atoms. The molecule has 0 aromatic heterocycles. The molecule has 0 radical (unpaired) electrons. The maximum Gasteiger partial charge on any atom is 0.306 e. The van der Waals surface area contributed by atoms with Crippen LogP contribution in [0.15, 0.2) is 48.6 Å². The summed E-state index contributed by atoms with van der Waals surface area (Å²) in [4.78, 5) is 26.3. The van der Waals surface area contributed by atoms with Crippen molar-refractivity contribution in [2.75, 3.05) is 6.61 Å². The first-order chi connectivity index (χ1) is 33.5. The first kappa shape index (κ1) is 65.8. The summed E-state index contributed by atoms with van der Waals surface area (Å²) < 4.78 is 5.96. The van der Waals surface area contributed by atoms with E-state index in [0.717, 1.165) is 77.0 Å². The third-order valence-electron chi connectivity index (χ3n) is 13.7. The van der Waals surface area contributed by atoms with Gasteiger partial charge in [-0.1, -0.05) is 281 Å². The first-order valence-electron chi connectivity index (χ1n) is 29.9. The van der Waals surface area contributed by atoms with Crippen molar-refractivity contribution >= 4 is 11.9 Å². The molecular formula is C62H115NO5. The number of aliphatic hydroxyl groups is 2. The van der Waals surface area contributed by atoms with Crippen LogP contribution in [-0.2, 0) is 14.3 Å². The van der Waals surface area contributed by atoms with Crippen LogP contribution < -0.4 is 5.32 Å². The molecule has 3 N–H and O–H groups in total. The fourth-order valence-electron chi connectivity index (χ4n) is 9.19. The number of aliphatic hydroxyl groups excluding tert-OH is 2. The van der Waals surface area contributed by atoms with Crippen LogP contribution in [0.25, 0.3) is 0 Å². The Kier molecular flexibility index (Phi) is 54.0. The van der Waals surface area contributed by atoms with Crippen molar-refractivity contribution < 1.29 is 24.5 Å².